The van der Waals surface area contributed by atoms with Crippen LogP contribution < -0.4 is 15.0 Å². The third-order valence-corrected chi connectivity index (χ3v) is 5.83. The van der Waals surface area contributed by atoms with Crippen LogP contribution in [0, 0.1) is 6.92 Å². The van der Waals surface area contributed by atoms with Crippen molar-refractivity contribution in [3.8, 4) is 5.75 Å². The fourth-order valence-electron chi connectivity index (χ4n) is 4.08. The van der Waals surface area contributed by atoms with Crippen LogP contribution in [0.1, 0.15) is 42.2 Å². The van der Waals surface area contributed by atoms with Gasteiger partial charge in [0.1, 0.15) is 12.4 Å². The highest BCUT2D eigenvalue weighted by Gasteiger charge is 2.37. The molecule has 34 heavy (non-hydrogen) atoms. The molecule has 0 aromatic heterocycles. The van der Waals surface area contributed by atoms with E-state index in [4.69, 9.17) is 9.47 Å². The van der Waals surface area contributed by atoms with Crippen LogP contribution in [0.5, 0.6) is 5.75 Å². The van der Waals surface area contributed by atoms with Gasteiger partial charge in [0, 0.05) is 0 Å². The van der Waals surface area contributed by atoms with Gasteiger partial charge in [-0.2, -0.15) is 0 Å². The first-order chi connectivity index (χ1) is 16.4. The number of anilines is 1. The zero-order valence-corrected chi connectivity index (χ0v) is 18.2. The van der Waals surface area contributed by atoms with Crippen molar-refractivity contribution in [1.29, 1.82) is 0 Å². The van der Waals surface area contributed by atoms with E-state index in [-0.39, 0.29) is 22.7 Å². The molecule has 8 heteroatoms. The summed E-state index contributed by atoms with van der Waals surface area (Å²) < 4.78 is 10.3. The van der Waals surface area contributed by atoms with Gasteiger partial charge in [0.25, 0.3) is 11.8 Å². The first kappa shape index (κ1) is 21.4. The van der Waals surface area contributed by atoms with Crippen LogP contribution in [0.15, 0.2) is 66.7 Å². The lowest BCUT2D eigenvalue weighted by Crippen LogP contribution is -2.29. The molecule has 2 aliphatic heterocycles. The Morgan fingerprint density at radius 1 is 1.00 bits per heavy atom. The quantitative estimate of drug-likeness (QED) is 0.357. The Labute approximate surface area is 195 Å². The fraction of sp³-hybridized carbons (Fsp3) is 0.154. The Hall–Kier alpha value is -4.46. The van der Waals surface area contributed by atoms with Crippen molar-refractivity contribution in [3.63, 3.8) is 0 Å². The van der Waals surface area contributed by atoms with Gasteiger partial charge in [-0.05, 0) is 60.9 Å². The van der Waals surface area contributed by atoms with E-state index in [0.29, 0.717) is 24.5 Å². The average Bonchev–Trinajstić information content (AvgIpc) is 3.35. The highest BCUT2D eigenvalue weighted by Crippen LogP contribution is 2.31. The molecule has 2 aliphatic rings. The lowest BCUT2D eigenvalue weighted by atomic mass is 10.1. The molecule has 1 N–H and O–H groups in total. The molecule has 5 rings (SSSR count). The van der Waals surface area contributed by atoms with E-state index in [0.717, 1.165) is 16.0 Å². The van der Waals surface area contributed by atoms with Crippen molar-refractivity contribution in [1.82, 2.24) is 5.32 Å². The van der Waals surface area contributed by atoms with E-state index in [2.05, 4.69) is 5.32 Å². The first-order valence-electron chi connectivity index (χ1n) is 10.7. The zero-order valence-electron chi connectivity index (χ0n) is 18.2. The zero-order chi connectivity index (χ0) is 23.8. The summed E-state index contributed by atoms with van der Waals surface area (Å²) in [5.41, 5.74) is 2.84. The number of hydrogen-bond acceptors (Lipinski definition) is 6. The molecule has 170 valence electrons. The van der Waals surface area contributed by atoms with Crippen LogP contribution in [-0.2, 0) is 11.2 Å². The van der Waals surface area contributed by atoms with Gasteiger partial charge in [0.2, 0.25) is 0 Å². The van der Waals surface area contributed by atoms with E-state index < -0.39 is 23.9 Å². The Morgan fingerprint density at radius 3 is 2.44 bits per heavy atom. The molecule has 0 spiro atoms. The molecule has 1 unspecified atom stereocenters. The highest BCUT2D eigenvalue weighted by atomic mass is 16.6. The maximum absolute atomic E-state index is 13.0. The molecule has 0 aliphatic carbocycles. The number of para-hydroxylation sites is 1. The van der Waals surface area contributed by atoms with Crippen LogP contribution in [0.4, 0.5) is 10.5 Å². The number of esters is 1. The van der Waals surface area contributed by atoms with Crippen LogP contribution in [0.3, 0.4) is 0 Å². The predicted molar refractivity (Wildman–Crippen MR) is 122 cm³/mol. The third-order valence-electron chi connectivity index (χ3n) is 5.83. The average molecular weight is 456 g/mol. The van der Waals surface area contributed by atoms with Crippen molar-refractivity contribution in [3.05, 3.63) is 94.5 Å². The maximum Gasteiger partial charge on any atom is 0.407 e. The minimum atomic E-state index is -0.637. The molecule has 8 nitrogen and oxygen atoms in total. The molecule has 2 heterocycles. The Bertz CT molecular complexity index is 1330. The number of benzene rings is 3. The second-order valence-corrected chi connectivity index (χ2v) is 8.17. The summed E-state index contributed by atoms with van der Waals surface area (Å²) in [7, 11) is 0. The lowest BCUT2D eigenvalue weighted by molar-refractivity contribution is 0.0734. The van der Waals surface area contributed by atoms with Gasteiger partial charge < -0.3 is 14.8 Å². The standard InChI is InChI=1S/C26H20N2O6/c1-15-4-2-3-5-22(15)28-23(29)20-11-8-17(13-21(20)24(28)30)25(31)34-19-9-6-16(7-10-19)12-18-14-33-26(32)27-18/h2-11,13,18H,12,14H2,1H3,(H,27,32). The number of nitrogens with zero attached hydrogens (tertiary/aromatic N) is 1. The van der Waals surface area contributed by atoms with Crippen LogP contribution >= 0.6 is 0 Å². The van der Waals surface area contributed by atoms with Crippen LogP contribution in [0.2, 0.25) is 0 Å². The number of nitrogens with one attached hydrogen (secondary N) is 1. The van der Waals surface area contributed by atoms with Crippen molar-refractivity contribution >= 4 is 29.6 Å². The van der Waals surface area contributed by atoms with Gasteiger partial charge in [0.15, 0.2) is 0 Å². The minimum Gasteiger partial charge on any atom is -0.447 e. The molecule has 3 aromatic carbocycles. The second kappa shape index (κ2) is 8.47. The van der Waals surface area contributed by atoms with Gasteiger partial charge in [-0.1, -0.05) is 30.3 Å². The molecule has 0 bridgehead atoms. The topological polar surface area (TPSA) is 102 Å². The highest BCUT2D eigenvalue weighted by molar-refractivity contribution is 6.34. The first-order valence-corrected chi connectivity index (χ1v) is 10.7. The van der Waals surface area contributed by atoms with Gasteiger partial charge in [0.05, 0.1) is 28.4 Å². The number of carbonyl (C=O) groups is 4. The molecule has 0 saturated carbocycles. The van der Waals surface area contributed by atoms with Crippen LogP contribution in [-0.4, -0.2) is 36.5 Å². The fourth-order valence-corrected chi connectivity index (χ4v) is 4.08. The van der Waals surface area contributed by atoms with Crippen molar-refractivity contribution in [2.45, 2.75) is 19.4 Å². The maximum atomic E-state index is 13.0. The Morgan fingerprint density at radius 2 is 1.74 bits per heavy atom. The Kier molecular flexibility index (Phi) is 5.33. The van der Waals surface area contributed by atoms with E-state index in [1.54, 1.807) is 36.4 Å². The number of hydrogen-bond donors (Lipinski definition) is 1. The summed E-state index contributed by atoms with van der Waals surface area (Å²) >= 11 is 0. The summed E-state index contributed by atoms with van der Waals surface area (Å²) in [5.74, 6) is -1.20. The molecule has 3 amide bonds. The predicted octanol–water partition coefficient (Wildman–Crippen LogP) is 3.67. The summed E-state index contributed by atoms with van der Waals surface area (Å²) in [5, 5.41) is 2.71. The number of amides is 3. The number of ether oxygens (including phenoxy) is 2. The number of fused-ring (bicyclic) bond motifs is 1. The monoisotopic (exact) mass is 456 g/mol. The van der Waals surface area contributed by atoms with Gasteiger partial charge in [-0.25, -0.2) is 14.5 Å². The number of rotatable bonds is 5. The number of carbonyl (C=O) groups excluding carboxylic acids is 4. The van der Waals surface area contributed by atoms with E-state index in [1.165, 1.54) is 18.2 Å². The third kappa shape index (κ3) is 3.90. The smallest absolute Gasteiger partial charge is 0.407 e. The van der Waals surface area contributed by atoms with Crippen molar-refractivity contribution in [2.75, 3.05) is 11.5 Å². The lowest BCUT2D eigenvalue weighted by Gasteiger charge is -2.16. The van der Waals surface area contributed by atoms with Gasteiger partial charge >= 0.3 is 12.1 Å². The molecular weight excluding hydrogens is 436 g/mol. The summed E-state index contributed by atoms with van der Waals surface area (Å²) in [6.07, 6.45) is 0.172. The van der Waals surface area contributed by atoms with Gasteiger partial charge in [-0.3, -0.25) is 9.59 Å². The molecule has 1 atom stereocenters. The van der Waals surface area contributed by atoms with E-state index in [1.807, 2.05) is 19.1 Å². The molecule has 1 fully saturated rings. The molecule has 0 radical (unpaired) electrons. The number of alkyl carbamates (subject to hydrolysis) is 1. The SMILES string of the molecule is Cc1ccccc1N1C(=O)c2ccc(C(=O)Oc3ccc(CC4COC(=O)N4)cc3)cc2C1=O. The second-order valence-electron chi connectivity index (χ2n) is 8.17. The molecule has 1 saturated heterocycles. The summed E-state index contributed by atoms with van der Waals surface area (Å²) in [4.78, 5) is 50.9. The summed E-state index contributed by atoms with van der Waals surface area (Å²) in [6, 6.07) is 18.3. The normalized spacial score (nSPS) is 16.8. The van der Waals surface area contributed by atoms with Crippen molar-refractivity contribution < 1.29 is 28.7 Å². The number of aryl methyl sites for hydroxylation is 1. The van der Waals surface area contributed by atoms with Crippen LogP contribution in [0.25, 0.3) is 0 Å². The number of cyclic esters (lactones) is 1. The largest absolute Gasteiger partial charge is 0.447 e. The molecule has 3 aromatic rings. The van der Waals surface area contributed by atoms with E-state index >= 15 is 0 Å². The minimum absolute atomic E-state index is 0.0909. The number of imide groups is 1. The summed E-state index contributed by atoms with van der Waals surface area (Å²) in [6.45, 7) is 2.14. The van der Waals surface area contributed by atoms with Crippen molar-refractivity contribution in [2.24, 2.45) is 0 Å². The Balaban J connectivity index is 1.30. The van der Waals surface area contributed by atoms with Gasteiger partial charge in [-0.15, -0.1) is 0 Å². The molecular formula is C26H20N2O6. The van der Waals surface area contributed by atoms with E-state index in [9.17, 15) is 19.2 Å².